The van der Waals surface area contributed by atoms with Crippen LogP contribution in [0.25, 0.3) is 0 Å². The molecule has 0 aliphatic heterocycles. The Bertz CT molecular complexity index is 908. The molecule has 2 fully saturated rings. The lowest BCUT2D eigenvalue weighted by molar-refractivity contribution is -0.284. The number of aliphatic hydroxyl groups excluding tert-OH is 1. The van der Waals surface area contributed by atoms with Gasteiger partial charge in [0.15, 0.2) is 0 Å². The van der Waals surface area contributed by atoms with Crippen LogP contribution in [0.1, 0.15) is 121 Å². The van der Waals surface area contributed by atoms with E-state index in [4.69, 9.17) is 0 Å². The van der Waals surface area contributed by atoms with E-state index < -0.39 is 18.5 Å². The standard InChI is InChI=1S/C18H24O2.C14H26F5N/c1-18-9-8-14-13-5-3-12(19)10-11(13)2-4-15(14)16(18)6-7-17(18)20;1-2-3-4-5-6-7-8-11-20-12-9-10-13(15,16)14(17,18)19/h3,5,10,14-17,19-20H,2,4,6-9H2,1H3;20H,2-12H2,1H3/t14?,15-,16?,17+,18+;/m1./s1. The van der Waals surface area contributed by atoms with E-state index in [9.17, 15) is 32.2 Å². The predicted octanol–water partition coefficient (Wildman–Crippen LogP) is 8.91. The monoisotopic (exact) mass is 575 g/mol. The van der Waals surface area contributed by atoms with E-state index in [2.05, 4.69) is 25.2 Å². The van der Waals surface area contributed by atoms with Crippen LogP contribution in [-0.2, 0) is 6.42 Å². The lowest BCUT2D eigenvalue weighted by atomic mass is 9.55. The molecule has 0 saturated heterocycles. The minimum atomic E-state index is -5.43. The SMILES string of the molecule is CCCCCCCCCNCCCC(F)(F)C(F)(F)F.C[C@]12CCC3c4ccc(O)cc4CC[C@H]3C1CC[C@@H]2O. The molecule has 3 aliphatic carbocycles. The number of rotatable bonds is 12. The Morgan fingerprint density at radius 3 is 2.27 bits per heavy atom. The molecule has 0 amide bonds. The molecule has 230 valence electrons. The van der Waals surface area contributed by atoms with Gasteiger partial charge in [-0.15, -0.1) is 0 Å². The number of aliphatic hydroxyl groups is 1. The third kappa shape index (κ3) is 8.33. The Labute approximate surface area is 237 Å². The van der Waals surface area contributed by atoms with Crippen molar-refractivity contribution in [2.45, 2.75) is 134 Å². The summed E-state index contributed by atoms with van der Waals surface area (Å²) in [5, 5.41) is 23.0. The highest BCUT2D eigenvalue weighted by molar-refractivity contribution is 5.40. The van der Waals surface area contributed by atoms with Gasteiger partial charge in [-0.3, -0.25) is 0 Å². The summed E-state index contributed by atoms with van der Waals surface area (Å²) in [4.78, 5) is 0. The minimum absolute atomic E-state index is 0.0883. The summed E-state index contributed by atoms with van der Waals surface area (Å²) in [5.41, 5.74) is 2.99. The largest absolute Gasteiger partial charge is 0.508 e. The van der Waals surface area contributed by atoms with Crippen LogP contribution in [0.2, 0.25) is 0 Å². The van der Waals surface area contributed by atoms with Crippen LogP contribution in [-0.4, -0.2) is 41.5 Å². The fourth-order valence-corrected chi connectivity index (χ4v) is 7.45. The average molecular weight is 576 g/mol. The van der Waals surface area contributed by atoms with Crippen molar-refractivity contribution in [2.24, 2.45) is 17.3 Å². The van der Waals surface area contributed by atoms with Gasteiger partial charge >= 0.3 is 12.1 Å². The molecule has 3 aliphatic rings. The number of benzene rings is 1. The van der Waals surface area contributed by atoms with E-state index in [1.165, 1.54) is 56.1 Å². The molecule has 3 N–H and O–H groups in total. The molecule has 8 heteroatoms. The summed E-state index contributed by atoms with van der Waals surface area (Å²) < 4.78 is 60.7. The fourth-order valence-electron chi connectivity index (χ4n) is 7.45. The topological polar surface area (TPSA) is 52.5 Å². The first-order valence-corrected chi connectivity index (χ1v) is 15.6. The highest BCUT2D eigenvalue weighted by atomic mass is 19.4. The van der Waals surface area contributed by atoms with Crippen molar-refractivity contribution in [3.05, 3.63) is 29.3 Å². The maximum Gasteiger partial charge on any atom is 0.453 e. The van der Waals surface area contributed by atoms with Crippen molar-refractivity contribution in [1.82, 2.24) is 5.32 Å². The molecule has 0 heterocycles. The maximum atomic E-state index is 12.6. The van der Waals surface area contributed by atoms with Gasteiger partial charge in [0.2, 0.25) is 0 Å². The van der Waals surface area contributed by atoms with Crippen molar-refractivity contribution in [1.29, 1.82) is 0 Å². The van der Waals surface area contributed by atoms with Gasteiger partial charge in [-0.2, -0.15) is 22.0 Å². The summed E-state index contributed by atoms with van der Waals surface area (Å²) in [5.74, 6) is -2.07. The second-order valence-electron chi connectivity index (χ2n) is 12.6. The first-order valence-electron chi connectivity index (χ1n) is 15.6. The van der Waals surface area contributed by atoms with Gasteiger partial charge in [0, 0.05) is 6.42 Å². The number of hydrogen-bond acceptors (Lipinski definition) is 3. The van der Waals surface area contributed by atoms with E-state index >= 15 is 0 Å². The number of fused-ring (bicyclic) bond motifs is 5. The Balaban J connectivity index is 0.000000220. The average Bonchev–Trinajstić information content (AvgIpc) is 3.21. The number of aryl methyl sites for hydroxylation is 1. The maximum absolute atomic E-state index is 12.6. The van der Waals surface area contributed by atoms with Gasteiger partial charge in [-0.05, 0) is 111 Å². The minimum Gasteiger partial charge on any atom is -0.508 e. The smallest absolute Gasteiger partial charge is 0.453 e. The quantitative estimate of drug-likeness (QED) is 0.172. The van der Waals surface area contributed by atoms with E-state index in [0.29, 0.717) is 24.1 Å². The molecule has 4 rings (SSSR count). The second kappa shape index (κ2) is 14.7. The molecule has 0 aromatic heterocycles. The molecule has 0 radical (unpaired) electrons. The number of phenols is 1. The molecular formula is C32H50F5NO2. The predicted molar refractivity (Wildman–Crippen MR) is 150 cm³/mol. The van der Waals surface area contributed by atoms with Crippen LogP contribution in [0.15, 0.2) is 18.2 Å². The Hall–Kier alpha value is -1.41. The third-order valence-corrected chi connectivity index (χ3v) is 9.88. The van der Waals surface area contributed by atoms with E-state index in [1.807, 2.05) is 12.1 Å². The number of halogens is 5. The second-order valence-corrected chi connectivity index (χ2v) is 12.6. The molecule has 0 spiro atoms. The number of hydrogen-bond donors (Lipinski definition) is 3. The van der Waals surface area contributed by atoms with Crippen LogP contribution in [0.4, 0.5) is 22.0 Å². The summed E-state index contributed by atoms with van der Waals surface area (Å²) in [6, 6.07) is 5.96. The Morgan fingerprint density at radius 1 is 0.900 bits per heavy atom. The Kier molecular flexibility index (Phi) is 12.1. The zero-order valence-electron chi connectivity index (χ0n) is 24.3. The lowest BCUT2D eigenvalue weighted by Crippen LogP contribution is -2.43. The van der Waals surface area contributed by atoms with Gasteiger partial charge < -0.3 is 15.5 Å². The van der Waals surface area contributed by atoms with Crippen LogP contribution in [0.3, 0.4) is 0 Å². The number of unbranched alkanes of at least 4 members (excludes halogenated alkanes) is 6. The van der Waals surface area contributed by atoms with Crippen LogP contribution >= 0.6 is 0 Å². The van der Waals surface area contributed by atoms with E-state index in [0.717, 1.165) is 44.4 Å². The highest BCUT2D eigenvalue weighted by Crippen LogP contribution is 2.60. The summed E-state index contributed by atoms with van der Waals surface area (Å²) in [6.07, 6.45) is 8.17. The molecule has 40 heavy (non-hydrogen) atoms. The molecule has 2 saturated carbocycles. The first kappa shape index (κ1) is 33.1. The van der Waals surface area contributed by atoms with Crippen LogP contribution < -0.4 is 5.32 Å². The molecule has 2 unspecified atom stereocenters. The van der Waals surface area contributed by atoms with Crippen molar-refractivity contribution < 1.29 is 32.2 Å². The molecule has 3 nitrogen and oxygen atoms in total. The number of aromatic hydroxyl groups is 1. The van der Waals surface area contributed by atoms with Crippen molar-refractivity contribution in [2.75, 3.05) is 13.1 Å². The van der Waals surface area contributed by atoms with Crippen molar-refractivity contribution in [3.63, 3.8) is 0 Å². The van der Waals surface area contributed by atoms with Gasteiger partial charge in [-0.25, -0.2) is 0 Å². The zero-order chi connectivity index (χ0) is 29.4. The first-order chi connectivity index (χ1) is 18.9. The third-order valence-electron chi connectivity index (χ3n) is 9.88. The highest BCUT2D eigenvalue weighted by Gasteiger charge is 2.56. The van der Waals surface area contributed by atoms with Crippen molar-refractivity contribution >= 4 is 0 Å². The summed E-state index contributed by atoms with van der Waals surface area (Å²) in [7, 11) is 0. The molecule has 1 aromatic rings. The summed E-state index contributed by atoms with van der Waals surface area (Å²) >= 11 is 0. The van der Waals surface area contributed by atoms with Gasteiger partial charge in [0.05, 0.1) is 6.10 Å². The molecule has 1 aromatic carbocycles. The Morgan fingerprint density at radius 2 is 1.57 bits per heavy atom. The molecule has 0 bridgehead atoms. The van der Waals surface area contributed by atoms with Gasteiger partial charge in [0.1, 0.15) is 5.75 Å². The summed E-state index contributed by atoms with van der Waals surface area (Å²) in [6.45, 7) is 5.37. The van der Waals surface area contributed by atoms with Crippen molar-refractivity contribution in [3.8, 4) is 5.75 Å². The van der Waals surface area contributed by atoms with E-state index in [-0.39, 0.29) is 24.5 Å². The normalized spacial score (nSPS) is 27.8. The van der Waals surface area contributed by atoms with Crippen LogP contribution in [0, 0.1) is 17.3 Å². The molecule has 5 atom stereocenters. The fraction of sp³-hybridized carbons (Fsp3) is 0.812. The van der Waals surface area contributed by atoms with Crippen LogP contribution in [0.5, 0.6) is 5.75 Å². The van der Waals surface area contributed by atoms with E-state index in [1.54, 1.807) is 0 Å². The number of phenolic OH excluding ortho intramolecular Hbond substituents is 1. The van der Waals surface area contributed by atoms with Gasteiger partial charge in [-0.1, -0.05) is 58.4 Å². The zero-order valence-corrected chi connectivity index (χ0v) is 24.3. The lowest BCUT2D eigenvalue weighted by Gasteiger charge is -2.50. The number of nitrogens with one attached hydrogen (secondary N) is 1. The number of alkyl halides is 5. The van der Waals surface area contributed by atoms with Gasteiger partial charge in [0.25, 0.3) is 0 Å². The molecular weight excluding hydrogens is 525 g/mol.